The largest absolute Gasteiger partial charge is 0.381 e. The first kappa shape index (κ1) is 18.0. The monoisotopic (exact) mass is 357 g/mol. The van der Waals surface area contributed by atoms with Gasteiger partial charge in [0.25, 0.3) is 0 Å². The molecular weight excluding hydrogens is 334 g/mol. The molecule has 1 amide bonds. The second-order valence-corrected chi connectivity index (χ2v) is 6.94. The first-order valence-corrected chi connectivity index (χ1v) is 9.17. The number of rotatable bonds is 5. The van der Waals surface area contributed by atoms with Crippen LogP contribution in [0.4, 0.5) is 0 Å². The highest BCUT2D eigenvalue weighted by Gasteiger charge is 2.26. The Labute approximate surface area is 154 Å². The zero-order valence-corrected chi connectivity index (χ0v) is 15.3. The van der Waals surface area contributed by atoms with Crippen LogP contribution in [-0.4, -0.2) is 37.1 Å². The lowest BCUT2D eigenvalue weighted by Gasteiger charge is -2.32. The number of amides is 1. The van der Waals surface area contributed by atoms with Crippen molar-refractivity contribution < 1.29 is 9.53 Å². The lowest BCUT2D eigenvalue weighted by Crippen LogP contribution is -2.41. The average molecular weight is 358 g/mol. The summed E-state index contributed by atoms with van der Waals surface area (Å²) in [5.41, 5.74) is 2.12. The number of hydrogen-bond donors (Lipinski definition) is 0. The number of hydrogen-bond acceptors (Lipinski definition) is 2. The van der Waals surface area contributed by atoms with Crippen molar-refractivity contribution in [1.29, 1.82) is 0 Å². The highest BCUT2D eigenvalue weighted by Crippen LogP contribution is 2.33. The Morgan fingerprint density at radius 1 is 1.12 bits per heavy atom. The molecule has 1 aliphatic heterocycles. The Morgan fingerprint density at radius 3 is 2.44 bits per heavy atom. The molecule has 25 heavy (non-hydrogen) atoms. The molecule has 0 radical (unpaired) electrons. The van der Waals surface area contributed by atoms with E-state index in [1.807, 2.05) is 54.4 Å². The Bertz CT molecular complexity index is 698. The maximum absolute atomic E-state index is 13.0. The number of ether oxygens (including phenoxy) is 1. The van der Waals surface area contributed by atoms with Gasteiger partial charge in [-0.25, -0.2) is 0 Å². The van der Waals surface area contributed by atoms with Crippen LogP contribution in [0.5, 0.6) is 0 Å². The molecule has 2 aromatic rings. The molecule has 0 N–H and O–H groups in total. The van der Waals surface area contributed by atoms with E-state index in [1.54, 1.807) is 0 Å². The highest BCUT2D eigenvalue weighted by molar-refractivity contribution is 6.31. The standard InChI is InChI=1S/C21H24ClNO2/c1-23(17-11-13-25-14-12-17)21(24)15-19(16-7-3-2-4-8-16)18-9-5-6-10-20(18)22/h2-10,17,19H,11-15H2,1H3/t19-/m1/s1. The Kier molecular flexibility index (Phi) is 6.11. The van der Waals surface area contributed by atoms with Crippen molar-refractivity contribution in [3.63, 3.8) is 0 Å². The number of carbonyl (C=O) groups is 1. The van der Waals surface area contributed by atoms with Gasteiger partial charge >= 0.3 is 0 Å². The molecule has 0 bridgehead atoms. The Hall–Kier alpha value is -1.84. The van der Waals surface area contributed by atoms with Crippen molar-refractivity contribution in [3.8, 4) is 0 Å². The van der Waals surface area contributed by atoms with Gasteiger partial charge in [-0.1, -0.05) is 60.1 Å². The minimum Gasteiger partial charge on any atom is -0.381 e. The average Bonchev–Trinajstić information content (AvgIpc) is 2.67. The quantitative estimate of drug-likeness (QED) is 0.788. The fourth-order valence-corrected chi connectivity index (χ4v) is 3.71. The maximum Gasteiger partial charge on any atom is 0.223 e. The van der Waals surface area contributed by atoms with Gasteiger partial charge in [0, 0.05) is 43.7 Å². The van der Waals surface area contributed by atoms with Crippen molar-refractivity contribution in [3.05, 3.63) is 70.7 Å². The summed E-state index contributed by atoms with van der Waals surface area (Å²) in [6.07, 6.45) is 2.23. The van der Waals surface area contributed by atoms with E-state index in [2.05, 4.69) is 12.1 Å². The summed E-state index contributed by atoms with van der Waals surface area (Å²) in [5.74, 6) is 0.116. The van der Waals surface area contributed by atoms with Gasteiger partial charge in [-0.2, -0.15) is 0 Å². The van der Waals surface area contributed by atoms with Crippen LogP contribution >= 0.6 is 11.6 Å². The minimum absolute atomic E-state index is 0.0373. The van der Waals surface area contributed by atoms with E-state index in [9.17, 15) is 4.79 Å². The topological polar surface area (TPSA) is 29.5 Å². The first-order chi connectivity index (χ1) is 12.2. The summed E-state index contributed by atoms with van der Waals surface area (Å²) in [4.78, 5) is 14.9. The van der Waals surface area contributed by atoms with Gasteiger partial charge in [0.1, 0.15) is 0 Å². The number of halogens is 1. The SMILES string of the molecule is CN(C(=O)C[C@H](c1ccccc1)c1ccccc1Cl)C1CCOCC1. The molecule has 0 aliphatic carbocycles. The van der Waals surface area contributed by atoms with Gasteiger partial charge < -0.3 is 9.64 Å². The van der Waals surface area contributed by atoms with E-state index in [0.29, 0.717) is 11.4 Å². The first-order valence-electron chi connectivity index (χ1n) is 8.79. The van der Waals surface area contributed by atoms with E-state index in [1.165, 1.54) is 0 Å². The molecule has 4 heteroatoms. The second kappa shape index (κ2) is 8.50. The third-order valence-electron chi connectivity index (χ3n) is 4.99. The predicted octanol–water partition coefficient (Wildman–Crippen LogP) is 4.50. The molecule has 1 saturated heterocycles. The van der Waals surface area contributed by atoms with E-state index < -0.39 is 0 Å². The molecule has 0 saturated carbocycles. The van der Waals surface area contributed by atoms with E-state index in [4.69, 9.17) is 16.3 Å². The maximum atomic E-state index is 13.0. The van der Waals surface area contributed by atoms with Crippen molar-refractivity contribution in [2.75, 3.05) is 20.3 Å². The summed E-state index contributed by atoms with van der Waals surface area (Å²) in [5, 5.41) is 0.706. The van der Waals surface area contributed by atoms with Gasteiger partial charge in [0.05, 0.1) is 0 Å². The van der Waals surface area contributed by atoms with Gasteiger partial charge in [-0.05, 0) is 30.0 Å². The molecule has 1 atom stereocenters. The van der Waals surface area contributed by atoms with Crippen LogP contribution in [0.1, 0.15) is 36.3 Å². The molecule has 0 aromatic heterocycles. The summed E-state index contributed by atoms with van der Waals surface area (Å²) >= 11 is 6.44. The van der Waals surface area contributed by atoms with E-state index in [0.717, 1.165) is 37.2 Å². The van der Waals surface area contributed by atoms with Crippen LogP contribution in [-0.2, 0) is 9.53 Å². The molecule has 0 unspecified atom stereocenters. The fraction of sp³-hybridized carbons (Fsp3) is 0.381. The zero-order valence-electron chi connectivity index (χ0n) is 14.5. The van der Waals surface area contributed by atoms with Crippen LogP contribution in [0.2, 0.25) is 5.02 Å². The van der Waals surface area contributed by atoms with Crippen molar-refractivity contribution in [1.82, 2.24) is 4.90 Å². The lowest BCUT2D eigenvalue weighted by molar-refractivity contribution is -0.133. The number of benzene rings is 2. The van der Waals surface area contributed by atoms with Crippen LogP contribution in [0.3, 0.4) is 0 Å². The molecule has 1 heterocycles. The summed E-state index contributed by atoms with van der Waals surface area (Å²) in [7, 11) is 1.91. The molecule has 132 valence electrons. The zero-order chi connectivity index (χ0) is 17.6. The van der Waals surface area contributed by atoms with Gasteiger partial charge in [-0.3, -0.25) is 4.79 Å². The van der Waals surface area contributed by atoms with E-state index in [-0.39, 0.29) is 17.9 Å². The van der Waals surface area contributed by atoms with Crippen LogP contribution in [0.15, 0.2) is 54.6 Å². The third-order valence-corrected chi connectivity index (χ3v) is 5.34. The second-order valence-electron chi connectivity index (χ2n) is 6.54. The molecular formula is C21H24ClNO2. The van der Waals surface area contributed by atoms with Crippen LogP contribution in [0, 0.1) is 0 Å². The van der Waals surface area contributed by atoms with Gasteiger partial charge in [-0.15, -0.1) is 0 Å². The van der Waals surface area contributed by atoms with Crippen molar-refractivity contribution >= 4 is 17.5 Å². The van der Waals surface area contributed by atoms with Gasteiger partial charge in [0.15, 0.2) is 0 Å². The highest BCUT2D eigenvalue weighted by atomic mass is 35.5. The molecule has 3 nitrogen and oxygen atoms in total. The van der Waals surface area contributed by atoms with Crippen molar-refractivity contribution in [2.45, 2.75) is 31.2 Å². The third kappa shape index (κ3) is 4.42. The van der Waals surface area contributed by atoms with Crippen molar-refractivity contribution in [2.24, 2.45) is 0 Å². The summed E-state index contributed by atoms with van der Waals surface area (Å²) in [6.45, 7) is 1.46. The predicted molar refractivity (Wildman–Crippen MR) is 101 cm³/mol. The fourth-order valence-electron chi connectivity index (χ4n) is 3.45. The number of carbonyl (C=O) groups excluding carboxylic acids is 1. The molecule has 3 rings (SSSR count). The summed E-state index contributed by atoms with van der Waals surface area (Å²) in [6, 6.07) is 18.2. The number of nitrogens with zero attached hydrogens (tertiary/aromatic N) is 1. The molecule has 1 fully saturated rings. The molecule has 1 aliphatic rings. The van der Waals surface area contributed by atoms with Gasteiger partial charge in [0.2, 0.25) is 5.91 Å². The molecule has 0 spiro atoms. The Morgan fingerprint density at radius 2 is 1.76 bits per heavy atom. The smallest absolute Gasteiger partial charge is 0.223 e. The lowest BCUT2D eigenvalue weighted by atomic mass is 9.88. The van der Waals surface area contributed by atoms with Crippen LogP contribution < -0.4 is 0 Å². The van der Waals surface area contributed by atoms with Crippen LogP contribution in [0.25, 0.3) is 0 Å². The normalized spacial score (nSPS) is 16.4. The Balaban J connectivity index is 1.83. The molecule has 2 aromatic carbocycles. The van der Waals surface area contributed by atoms with E-state index >= 15 is 0 Å². The summed E-state index contributed by atoms with van der Waals surface area (Å²) < 4.78 is 5.41. The minimum atomic E-state index is -0.0373.